The maximum Gasteiger partial charge on any atom is 0.242 e. The number of pyridine rings is 1. The maximum absolute atomic E-state index is 5.17. The number of nitrogens with zero attached hydrogens (tertiary/aromatic N) is 2. The first-order valence-corrected chi connectivity index (χ1v) is 23.9. The van der Waals surface area contributed by atoms with Gasteiger partial charge in [0.2, 0.25) is 6.71 Å². The zero-order valence-corrected chi connectivity index (χ0v) is 39.5. The summed E-state index contributed by atoms with van der Waals surface area (Å²) in [4.78, 5) is 7.38. The molecule has 12 aromatic rings. The number of rotatable bonds is 8. The Bertz CT molecular complexity index is 3770. The van der Waals surface area contributed by atoms with E-state index in [9.17, 15) is 0 Å². The van der Waals surface area contributed by atoms with Crippen LogP contribution in [0, 0.1) is 41.5 Å². The number of hydrogen-bond acceptors (Lipinski definition) is 2. The Kier molecular flexibility index (Phi) is 9.99. The van der Waals surface area contributed by atoms with Gasteiger partial charge in [-0.3, -0.25) is 4.90 Å². The molecule has 0 aliphatic carbocycles. The molecule has 0 N–H and O–H groups in total. The molecule has 68 heavy (non-hydrogen) atoms. The van der Waals surface area contributed by atoms with E-state index < -0.39 is 0 Å². The summed E-state index contributed by atoms with van der Waals surface area (Å²) in [6.45, 7) is 13.7. The molecule has 324 valence electrons. The summed E-state index contributed by atoms with van der Waals surface area (Å²) in [6.07, 6.45) is 2.05. The third-order valence-corrected chi connectivity index (χ3v) is 14.5. The first kappa shape index (κ1) is 41.4. The lowest BCUT2D eigenvalue weighted by Gasteiger charge is -2.25. The van der Waals surface area contributed by atoms with E-state index >= 15 is 0 Å². The second-order valence-electron chi connectivity index (χ2n) is 19.1. The van der Waals surface area contributed by atoms with Crippen molar-refractivity contribution in [1.29, 1.82) is 0 Å². The first-order valence-electron chi connectivity index (χ1n) is 23.9. The van der Waals surface area contributed by atoms with Gasteiger partial charge in [0.05, 0.1) is 0 Å². The van der Waals surface area contributed by atoms with Gasteiger partial charge in [-0.2, -0.15) is 0 Å². The monoisotopic (exact) mass is 870 g/mol. The number of benzene rings is 11. The number of aromatic nitrogens is 1. The van der Waals surface area contributed by atoms with E-state index in [2.05, 4.69) is 247 Å². The average molecular weight is 871 g/mol. The van der Waals surface area contributed by atoms with Crippen LogP contribution in [0.15, 0.2) is 200 Å². The van der Waals surface area contributed by atoms with Crippen LogP contribution in [0.4, 0.5) is 17.2 Å². The Morgan fingerprint density at radius 3 is 1.51 bits per heavy atom. The molecule has 0 amide bonds. The topological polar surface area (TPSA) is 16.1 Å². The van der Waals surface area contributed by atoms with Gasteiger partial charge in [0.1, 0.15) is 5.82 Å². The van der Waals surface area contributed by atoms with E-state index in [1.165, 1.54) is 120 Å². The molecule has 0 saturated carbocycles. The van der Waals surface area contributed by atoms with Gasteiger partial charge in [0.25, 0.3) is 0 Å². The van der Waals surface area contributed by atoms with Gasteiger partial charge in [-0.1, -0.05) is 201 Å². The van der Waals surface area contributed by atoms with Crippen molar-refractivity contribution in [1.82, 2.24) is 4.98 Å². The van der Waals surface area contributed by atoms with Crippen LogP contribution in [-0.4, -0.2) is 11.7 Å². The summed E-state index contributed by atoms with van der Waals surface area (Å²) in [5, 5.41) is 12.7. The molecule has 1 heterocycles. The molecule has 11 aromatic carbocycles. The van der Waals surface area contributed by atoms with Crippen molar-refractivity contribution in [2.24, 2.45) is 0 Å². The minimum Gasteiger partial charge on any atom is -0.295 e. The minimum atomic E-state index is 0.129. The van der Waals surface area contributed by atoms with Gasteiger partial charge in [-0.25, -0.2) is 4.98 Å². The largest absolute Gasteiger partial charge is 0.295 e. The van der Waals surface area contributed by atoms with Gasteiger partial charge < -0.3 is 0 Å². The predicted molar refractivity (Wildman–Crippen MR) is 294 cm³/mol. The van der Waals surface area contributed by atoms with Gasteiger partial charge >= 0.3 is 0 Å². The Balaban J connectivity index is 0.993. The third kappa shape index (κ3) is 6.84. The van der Waals surface area contributed by atoms with Crippen LogP contribution in [-0.2, 0) is 0 Å². The Morgan fingerprint density at radius 2 is 0.882 bits per heavy atom. The fourth-order valence-corrected chi connectivity index (χ4v) is 11.8. The van der Waals surface area contributed by atoms with Gasteiger partial charge in [0, 0.05) is 23.1 Å². The fraction of sp³-hybridized carbons (Fsp3) is 0.0923. The highest BCUT2D eigenvalue weighted by atomic mass is 15.2. The quantitative estimate of drug-likeness (QED) is 0.0859. The smallest absolute Gasteiger partial charge is 0.242 e. The third-order valence-electron chi connectivity index (χ3n) is 14.5. The maximum atomic E-state index is 5.17. The van der Waals surface area contributed by atoms with Crippen molar-refractivity contribution >= 4 is 94.2 Å². The Morgan fingerprint density at radius 1 is 0.368 bits per heavy atom. The van der Waals surface area contributed by atoms with Crippen LogP contribution in [0.25, 0.3) is 76.1 Å². The molecule has 12 rings (SSSR count). The number of fused-ring (bicyclic) bond motifs is 4. The number of para-hydroxylation sites is 2. The summed E-state index contributed by atoms with van der Waals surface area (Å²) in [6, 6.07) is 71.9. The van der Waals surface area contributed by atoms with Gasteiger partial charge in [-0.05, 0) is 155 Å². The second kappa shape index (κ2) is 16.4. The van der Waals surface area contributed by atoms with E-state index in [1.54, 1.807) is 0 Å². The van der Waals surface area contributed by atoms with E-state index in [1.807, 2.05) is 0 Å². The molecule has 1 aromatic heterocycles. The molecule has 0 saturated heterocycles. The van der Waals surface area contributed by atoms with E-state index in [0.29, 0.717) is 0 Å². The van der Waals surface area contributed by atoms with Gasteiger partial charge in [-0.15, -0.1) is 0 Å². The van der Waals surface area contributed by atoms with E-state index in [0.717, 1.165) is 22.8 Å². The van der Waals surface area contributed by atoms with Crippen molar-refractivity contribution < 1.29 is 0 Å². The fourth-order valence-electron chi connectivity index (χ4n) is 11.8. The van der Waals surface area contributed by atoms with Gasteiger partial charge in [0.15, 0.2) is 0 Å². The molecule has 0 aliphatic heterocycles. The molecule has 0 fully saturated rings. The molecule has 0 radical (unpaired) electrons. The van der Waals surface area contributed by atoms with E-state index in [4.69, 9.17) is 4.98 Å². The standard InChI is InChI=1S/C65H51BN2/c1-40-33-42(3)64(43(4)34-40)66(65-44(5)35-41(2)36-45(65)6)51-27-23-47-37-49(22-21-48(47)38-51)54-30-31-59-56-19-13-14-20-57(56)62-55(28-24-46-25-29-58(54)63(59)61(46)62)50-26-32-60(67-39-50)68(52-15-9-7-10-16-52)53-17-11-8-12-18-53/h7-39H,1-6H3. The highest BCUT2D eigenvalue weighted by molar-refractivity contribution is 6.96. The number of anilines is 3. The molecule has 0 atom stereocenters. The minimum absolute atomic E-state index is 0.129. The summed E-state index contributed by atoms with van der Waals surface area (Å²) in [5.74, 6) is 0.873. The number of aryl methyl sites for hydroxylation is 6. The predicted octanol–water partition coefficient (Wildman–Crippen LogP) is 15.5. The number of hydrogen-bond donors (Lipinski definition) is 0. The zero-order chi connectivity index (χ0) is 46.2. The van der Waals surface area contributed by atoms with Crippen LogP contribution in [0.5, 0.6) is 0 Å². The van der Waals surface area contributed by atoms with Crippen LogP contribution in [0.3, 0.4) is 0 Å². The lowest BCUT2D eigenvalue weighted by Crippen LogP contribution is -2.55. The molecule has 3 heteroatoms. The Labute approximate surface area is 399 Å². The molecule has 0 spiro atoms. The second-order valence-corrected chi connectivity index (χ2v) is 19.1. The summed E-state index contributed by atoms with van der Waals surface area (Å²) in [7, 11) is 0. The van der Waals surface area contributed by atoms with Crippen LogP contribution in [0.2, 0.25) is 0 Å². The lowest BCUT2D eigenvalue weighted by molar-refractivity contribution is 1.18. The normalized spacial score (nSPS) is 11.7. The Hall–Kier alpha value is -8.01. The summed E-state index contributed by atoms with van der Waals surface area (Å²) in [5.41, 5.74) is 19.0. The molecule has 2 nitrogen and oxygen atoms in total. The SMILES string of the molecule is Cc1cc(C)c(B(c2ccc3cc(-c4ccc5c6ccccc6c6c(-c7ccc(N(c8ccccc8)c8ccccc8)nc7)ccc7ccc4c5c76)ccc3c2)c2c(C)cc(C)cc2C)c(C)c1. The molecular weight excluding hydrogens is 820 g/mol. The molecule has 0 unspecified atom stereocenters. The van der Waals surface area contributed by atoms with Crippen LogP contribution >= 0.6 is 0 Å². The van der Waals surface area contributed by atoms with Crippen molar-refractivity contribution in [2.75, 3.05) is 4.90 Å². The van der Waals surface area contributed by atoms with Crippen molar-refractivity contribution in [2.45, 2.75) is 41.5 Å². The van der Waals surface area contributed by atoms with Crippen LogP contribution in [0.1, 0.15) is 33.4 Å². The van der Waals surface area contributed by atoms with Crippen molar-refractivity contribution in [3.05, 3.63) is 234 Å². The average Bonchev–Trinajstić information content (AvgIpc) is 3.35. The van der Waals surface area contributed by atoms with Crippen molar-refractivity contribution in [3.63, 3.8) is 0 Å². The summed E-state index contributed by atoms with van der Waals surface area (Å²) < 4.78 is 0. The molecular formula is C65H51BN2. The first-order chi connectivity index (χ1) is 33.2. The highest BCUT2D eigenvalue weighted by Crippen LogP contribution is 2.47. The van der Waals surface area contributed by atoms with Crippen molar-refractivity contribution in [3.8, 4) is 22.3 Å². The molecule has 0 aliphatic rings. The molecule has 0 bridgehead atoms. The zero-order valence-electron chi connectivity index (χ0n) is 39.5. The van der Waals surface area contributed by atoms with E-state index in [-0.39, 0.29) is 6.71 Å². The lowest BCUT2D eigenvalue weighted by atomic mass is 9.34. The van der Waals surface area contributed by atoms with Crippen LogP contribution < -0.4 is 21.3 Å². The summed E-state index contributed by atoms with van der Waals surface area (Å²) >= 11 is 0. The highest BCUT2D eigenvalue weighted by Gasteiger charge is 2.29.